The minimum absolute atomic E-state index is 0.270. The number of nitrogens with zero attached hydrogens (tertiary/aromatic N) is 1. The number of amides is 1. The molecule has 0 aromatic heterocycles. The summed E-state index contributed by atoms with van der Waals surface area (Å²) in [5, 5.41) is 4.70. The lowest BCUT2D eigenvalue weighted by Crippen LogP contribution is -2.17. The zero-order valence-electron chi connectivity index (χ0n) is 14.2. The van der Waals surface area contributed by atoms with Gasteiger partial charge < -0.3 is 4.74 Å². The number of benzene rings is 3. The topological polar surface area (TPSA) is 50.7 Å². The highest BCUT2D eigenvalue weighted by Gasteiger charge is 2.03. The predicted octanol–water partition coefficient (Wildman–Crippen LogP) is 5.45. The molecule has 0 fully saturated rings. The minimum Gasteiger partial charge on any atom is -0.489 e. The van der Waals surface area contributed by atoms with Crippen LogP contribution in [0.5, 0.6) is 5.75 Å². The number of carbonyl (C=O) groups excluding carboxylic acids is 1. The molecular weight excluding hydrogens is 428 g/mol. The Hall–Kier alpha value is -2.63. The second-order valence-corrected chi connectivity index (χ2v) is 7.05. The molecule has 1 amide bonds. The second-order valence-electron chi connectivity index (χ2n) is 5.69. The molecule has 0 atom stereocenters. The van der Waals surface area contributed by atoms with Gasteiger partial charge in [-0.05, 0) is 59.7 Å². The number of halogens is 2. The molecule has 1 N–H and O–H groups in total. The van der Waals surface area contributed by atoms with E-state index >= 15 is 0 Å². The Morgan fingerprint density at radius 1 is 1.07 bits per heavy atom. The summed E-state index contributed by atoms with van der Waals surface area (Å²) in [6, 6.07) is 22.0. The normalized spacial score (nSPS) is 10.7. The fourth-order valence-electron chi connectivity index (χ4n) is 2.26. The number of hydrogen-bond acceptors (Lipinski definition) is 3. The summed E-state index contributed by atoms with van der Waals surface area (Å²) >= 11 is 9.22. The highest BCUT2D eigenvalue weighted by atomic mass is 79.9. The van der Waals surface area contributed by atoms with E-state index in [1.807, 2.05) is 48.5 Å². The summed E-state index contributed by atoms with van der Waals surface area (Å²) in [5.41, 5.74) is 4.90. The van der Waals surface area contributed by atoms with E-state index in [2.05, 4.69) is 26.5 Å². The van der Waals surface area contributed by atoms with E-state index in [9.17, 15) is 4.79 Å². The van der Waals surface area contributed by atoms with Crippen molar-refractivity contribution < 1.29 is 9.53 Å². The molecule has 27 heavy (non-hydrogen) atoms. The lowest BCUT2D eigenvalue weighted by Gasteiger charge is -2.07. The van der Waals surface area contributed by atoms with Crippen LogP contribution in [0, 0.1) is 0 Å². The van der Waals surface area contributed by atoms with E-state index in [1.54, 1.807) is 30.5 Å². The number of carbonyl (C=O) groups is 1. The van der Waals surface area contributed by atoms with Gasteiger partial charge in [0.2, 0.25) is 0 Å². The van der Waals surface area contributed by atoms with E-state index in [4.69, 9.17) is 16.3 Å². The first-order valence-electron chi connectivity index (χ1n) is 8.16. The Morgan fingerprint density at radius 2 is 1.81 bits per heavy atom. The van der Waals surface area contributed by atoms with Gasteiger partial charge in [-0.1, -0.05) is 51.8 Å². The van der Waals surface area contributed by atoms with Gasteiger partial charge in [-0.25, -0.2) is 5.43 Å². The third-order valence-corrected chi connectivity index (χ3v) is 4.44. The first-order valence-corrected chi connectivity index (χ1v) is 9.33. The lowest BCUT2D eigenvalue weighted by molar-refractivity contribution is 0.0955. The van der Waals surface area contributed by atoms with E-state index < -0.39 is 0 Å². The van der Waals surface area contributed by atoms with Crippen LogP contribution in [0.25, 0.3) is 0 Å². The molecule has 0 heterocycles. The Bertz CT molecular complexity index is 941. The van der Waals surface area contributed by atoms with Gasteiger partial charge in [-0.3, -0.25) is 4.79 Å². The van der Waals surface area contributed by atoms with Crippen molar-refractivity contribution in [3.05, 3.63) is 99.0 Å². The van der Waals surface area contributed by atoms with Gasteiger partial charge in [0, 0.05) is 15.1 Å². The summed E-state index contributed by atoms with van der Waals surface area (Å²) in [6.07, 6.45) is 1.58. The van der Waals surface area contributed by atoms with Gasteiger partial charge in [-0.2, -0.15) is 5.10 Å². The largest absolute Gasteiger partial charge is 0.489 e. The molecule has 0 aliphatic heterocycles. The molecule has 0 radical (unpaired) electrons. The molecule has 0 unspecified atom stereocenters. The summed E-state index contributed by atoms with van der Waals surface area (Å²) in [6.45, 7) is 0.443. The van der Waals surface area contributed by atoms with Gasteiger partial charge in [-0.15, -0.1) is 0 Å². The quantitative estimate of drug-likeness (QED) is 0.407. The zero-order valence-corrected chi connectivity index (χ0v) is 16.6. The smallest absolute Gasteiger partial charge is 0.271 e. The molecule has 136 valence electrons. The predicted molar refractivity (Wildman–Crippen MR) is 111 cm³/mol. The van der Waals surface area contributed by atoms with Gasteiger partial charge in [0.15, 0.2) is 0 Å². The first kappa shape index (κ1) is 19.1. The Morgan fingerprint density at radius 3 is 2.56 bits per heavy atom. The summed E-state index contributed by atoms with van der Waals surface area (Å²) < 4.78 is 6.70. The van der Waals surface area contributed by atoms with Crippen LogP contribution < -0.4 is 10.2 Å². The highest BCUT2D eigenvalue weighted by molar-refractivity contribution is 9.10. The van der Waals surface area contributed by atoms with E-state index in [-0.39, 0.29) is 5.91 Å². The van der Waals surface area contributed by atoms with Crippen molar-refractivity contribution in [2.75, 3.05) is 0 Å². The van der Waals surface area contributed by atoms with E-state index in [1.165, 1.54) is 0 Å². The maximum atomic E-state index is 12.0. The average Bonchev–Trinajstić information content (AvgIpc) is 2.68. The van der Waals surface area contributed by atoms with Gasteiger partial charge in [0.1, 0.15) is 12.4 Å². The lowest BCUT2D eigenvalue weighted by atomic mass is 10.2. The van der Waals surface area contributed by atoms with Crippen LogP contribution in [0.2, 0.25) is 5.02 Å². The van der Waals surface area contributed by atoms with Gasteiger partial charge in [0.05, 0.1) is 6.21 Å². The fraction of sp³-hybridized carbons (Fsp3) is 0.0476. The van der Waals surface area contributed by atoms with Crippen molar-refractivity contribution >= 4 is 39.7 Å². The third kappa shape index (κ3) is 5.94. The van der Waals surface area contributed by atoms with Crippen molar-refractivity contribution in [1.82, 2.24) is 5.43 Å². The monoisotopic (exact) mass is 442 g/mol. The van der Waals surface area contributed by atoms with Crippen LogP contribution in [-0.2, 0) is 6.61 Å². The first-order chi connectivity index (χ1) is 13.1. The van der Waals surface area contributed by atoms with Gasteiger partial charge >= 0.3 is 0 Å². The average molecular weight is 444 g/mol. The third-order valence-electron chi connectivity index (χ3n) is 3.66. The number of ether oxygens (including phenoxy) is 1. The molecule has 3 aromatic rings. The molecule has 3 aromatic carbocycles. The van der Waals surface area contributed by atoms with Crippen LogP contribution in [0.3, 0.4) is 0 Å². The number of hydrazone groups is 1. The Labute approximate surface area is 171 Å². The summed E-state index contributed by atoms with van der Waals surface area (Å²) in [7, 11) is 0. The molecule has 0 saturated carbocycles. The summed E-state index contributed by atoms with van der Waals surface area (Å²) in [5.74, 6) is 0.446. The minimum atomic E-state index is -0.270. The van der Waals surface area contributed by atoms with Crippen LogP contribution in [0.1, 0.15) is 21.5 Å². The van der Waals surface area contributed by atoms with Crippen molar-refractivity contribution in [3.8, 4) is 5.75 Å². The molecular formula is C21H16BrClN2O2. The molecule has 0 aliphatic rings. The standard InChI is InChI=1S/C21H16BrClN2O2/c22-18-8-6-17(7-9-18)21(26)25-24-13-16-2-1-3-20(12-16)27-14-15-4-10-19(23)11-5-15/h1-13H,14H2,(H,25,26). The molecule has 0 saturated heterocycles. The molecule has 0 aliphatic carbocycles. The van der Waals surface area contributed by atoms with Crippen molar-refractivity contribution in [3.63, 3.8) is 0 Å². The Balaban J connectivity index is 1.56. The van der Waals surface area contributed by atoms with Crippen molar-refractivity contribution in [1.29, 1.82) is 0 Å². The van der Waals surface area contributed by atoms with E-state index in [0.29, 0.717) is 22.9 Å². The Kier molecular flexibility index (Phi) is 6.63. The van der Waals surface area contributed by atoms with E-state index in [0.717, 1.165) is 15.6 Å². The van der Waals surface area contributed by atoms with Crippen molar-refractivity contribution in [2.24, 2.45) is 5.10 Å². The molecule has 4 nitrogen and oxygen atoms in total. The number of rotatable bonds is 6. The molecule has 6 heteroatoms. The van der Waals surface area contributed by atoms with Gasteiger partial charge in [0.25, 0.3) is 5.91 Å². The maximum Gasteiger partial charge on any atom is 0.271 e. The SMILES string of the molecule is O=C(NN=Cc1cccc(OCc2ccc(Cl)cc2)c1)c1ccc(Br)cc1. The van der Waals surface area contributed by atoms with Crippen LogP contribution in [0.15, 0.2) is 82.4 Å². The second kappa shape index (κ2) is 9.35. The number of hydrogen-bond donors (Lipinski definition) is 1. The zero-order chi connectivity index (χ0) is 19.1. The highest BCUT2D eigenvalue weighted by Crippen LogP contribution is 2.16. The van der Waals surface area contributed by atoms with Crippen LogP contribution in [0.4, 0.5) is 0 Å². The van der Waals surface area contributed by atoms with Crippen molar-refractivity contribution in [2.45, 2.75) is 6.61 Å². The molecule has 3 rings (SSSR count). The maximum absolute atomic E-state index is 12.0. The van der Waals surface area contributed by atoms with Crippen LogP contribution >= 0.6 is 27.5 Å². The molecule has 0 spiro atoms. The number of nitrogens with one attached hydrogen (secondary N) is 1. The summed E-state index contributed by atoms with van der Waals surface area (Å²) in [4.78, 5) is 12.0. The van der Waals surface area contributed by atoms with Crippen LogP contribution in [-0.4, -0.2) is 12.1 Å². The fourth-order valence-corrected chi connectivity index (χ4v) is 2.65. The molecule has 0 bridgehead atoms.